The van der Waals surface area contributed by atoms with Crippen LogP contribution in [0.5, 0.6) is 0 Å². The van der Waals surface area contributed by atoms with Gasteiger partial charge in [-0.1, -0.05) is 97.1 Å². The summed E-state index contributed by atoms with van der Waals surface area (Å²) in [4.78, 5) is 36.4. The van der Waals surface area contributed by atoms with Crippen LogP contribution in [-0.4, -0.2) is 30.7 Å². The van der Waals surface area contributed by atoms with Gasteiger partial charge in [-0.05, 0) is 65.1 Å². The van der Waals surface area contributed by atoms with Crippen molar-refractivity contribution in [1.82, 2.24) is 10.6 Å². The second-order valence-corrected chi connectivity index (χ2v) is 10.1. The molecule has 3 amide bonds. The molecule has 0 aromatic heterocycles. The molecule has 8 nitrogen and oxygen atoms in total. The van der Waals surface area contributed by atoms with Gasteiger partial charge in [0.25, 0.3) is 0 Å². The first-order valence-corrected chi connectivity index (χ1v) is 14.2. The smallest absolute Gasteiger partial charge is 0.408 e. The monoisotopic (exact) mass is 567 g/mol. The van der Waals surface area contributed by atoms with Gasteiger partial charge in [0.2, 0.25) is 5.91 Å². The quantitative estimate of drug-likeness (QED) is 0.166. The lowest BCUT2D eigenvalue weighted by atomic mass is 9.93. The largest absolute Gasteiger partial charge is 0.445 e. The molecular weight excluding hydrogens is 530 g/mol. The molecule has 0 radical (unpaired) electrons. The number of rotatable bonds is 14. The lowest BCUT2D eigenvalue weighted by molar-refractivity contribution is -0.120. The maximum Gasteiger partial charge on any atom is 0.408 e. The molecule has 0 bridgehead atoms. The number of ether oxygens (including phenoxy) is 2. The molecule has 4 N–H and O–H groups in total. The van der Waals surface area contributed by atoms with E-state index in [-0.39, 0.29) is 13.2 Å². The fourth-order valence-electron chi connectivity index (χ4n) is 4.76. The molecule has 0 heterocycles. The van der Waals surface area contributed by atoms with Crippen LogP contribution in [0, 0.1) is 0 Å². The Hall–Kier alpha value is -4.85. The number of amides is 3. The van der Waals surface area contributed by atoms with E-state index in [4.69, 9.17) is 15.2 Å². The zero-order valence-electron chi connectivity index (χ0n) is 23.6. The predicted molar refractivity (Wildman–Crippen MR) is 163 cm³/mol. The number of hydrogen-bond acceptors (Lipinski definition) is 5. The summed E-state index contributed by atoms with van der Waals surface area (Å²) in [6.45, 7) is 0.900. The van der Waals surface area contributed by atoms with E-state index in [1.54, 1.807) is 0 Å². The molecular formula is C34H37N3O5. The standard InChI is InChI=1S/C34H37N3O5/c35-32(38)31(37-34(40)42-24-26-13-5-2-6-14-26)21-20-28-19-18-27(29-16-7-8-17-30(28)29)15-9-10-22-36-33(39)41-23-25-11-3-1-4-12-25/h1-8,11-14,16-19,31H,9-10,15,20-24H2,(H2,35,38)(H,36,39)(H,37,40)/t31-/m0/s1. The van der Waals surface area contributed by atoms with E-state index >= 15 is 0 Å². The molecule has 0 fully saturated rings. The Morgan fingerprint density at radius 1 is 0.643 bits per heavy atom. The number of nitrogens with two attached hydrogens (primary N) is 1. The van der Waals surface area contributed by atoms with Gasteiger partial charge in [-0.25, -0.2) is 9.59 Å². The topological polar surface area (TPSA) is 120 Å². The van der Waals surface area contributed by atoms with Gasteiger partial charge in [-0.2, -0.15) is 0 Å². The van der Waals surface area contributed by atoms with Gasteiger partial charge in [0.05, 0.1) is 0 Å². The molecule has 0 spiro atoms. The van der Waals surface area contributed by atoms with Gasteiger partial charge >= 0.3 is 12.2 Å². The van der Waals surface area contributed by atoms with Crippen LogP contribution in [0.2, 0.25) is 0 Å². The highest BCUT2D eigenvalue weighted by Gasteiger charge is 2.19. The fourth-order valence-corrected chi connectivity index (χ4v) is 4.76. The van der Waals surface area contributed by atoms with E-state index in [1.165, 1.54) is 5.56 Å². The number of benzene rings is 4. The van der Waals surface area contributed by atoms with E-state index < -0.39 is 24.1 Å². The number of alkyl carbamates (subject to hydrolysis) is 2. The minimum Gasteiger partial charge on any atom is -0.445 e. The van der Waals surface area contributed by atoms with Gasteiger partial charge in [-0.15, -0.1) is 0 Å². The zero-order valence-corrected chi connectivity index (χ0v) is 23.6. The third kappa shape index (κ3) is 9.37. The van der Waals surface area contributed by atoms with Crippen molar-refractivity contribution in [3.63, 3.8) is 0 Å². The Bertz CT molecular complexity index is 1460. The lowest BCUT2D eigenvalue weighted by Gasteiger charge is -2.17. The molecule has 0 aliphatic rings. The zero-order chi connectivity index (χ0) is 29.6. The minimum absolute atomic E-state index is 0.110. The molecule has 0 saturated heterocycles. The van der Waals surface area contributed by atoms with Crippen LogP contribution in [0.15, 0.2) is 97.1 Å². The third-order valence-electron chi connectivity index (χ3n) is 7.01. The van der Waals surface area contributed by atoms with E-state index in [2.05, 4.69) is 34.9 Å². The van der Waals surface area contributed by atoms with Gasteiger partial charge < -0.3 is 25.8 Å². The highest BCUT2D eigenvalue weighted by atomic mass is 16.6. The van der Waals surface area contributed by atoms with Crippen LogP contribution in [0.4, 0.5) is 9.59 Å². The first-order chi connectivity index (χ1) is 20.5. The number of carbonyl (C=O) groups is 3. The van der Waals surface area contributed by atoms with E-state index in [9.17, 15) is 14.4 Å². The molecule has 0 saturated carbocycles. The SMILES string of the molecule is NC(=O)[C@H](CCc1ccc(CCCCNC(=O)OCc2ccccc2)c2ccccc12)NC(=O)OCc1ccccc1. The summed E-state index contributed by atoms with van der Waals surface area (Å²) < 4.78 is 10.5. The second kappa shape index (κ2) is 15.8. The van der Waals surface area contributed by atoms with Gasteiger partial charge in [0.1, 0.15) is 19.3 Å². The molecule has 4 rings (SSSR count). The molecule has 0 unspecified atom stereocenters. The first kappa shape index (κ1) is 30.1. The number of carbonyl (C=O) groups excluding carboxylic acids is 3. The second-order valence-electron chi connectivity index (χ2n) is 10.1. The lowest BCUT2D eigenvalue weighted by Crippen LogP contribution is -2.44. The van der Waals surface area contributed by atoms with Gasteiger partial charge in [0, 0.05) is 6.54 Å². The number of aryl methyl sites for hydroxylation is 2. The van der Waals surface area contributed by atoms with E-state index in [1.807, 2.05) is 72.8 Å². The summed E-state index contributed by atoms with van der Waals surface area (Å²) in [5, 5.41) is 7.67. The summed E-state index contributed by atoms with van der Waals surface area (Å²) in [7, 11) is 0. The Kier molecular flexibility index (Phi) is 11.3. The normalized spacial score (nSPS) is 11.4. The molecule has 218 valence electrons. The highest BCUT2D eigenvalue weighted by molar-refractivity contribution is 5.89. The van der Waals surface area contributed by atoms with Crippen molar-refractivity contribution in [2.75, 3.05) is 6.54 Å². The molecule has 8 heteroatoms. The van der Waals surface area contributed by atoms with Crippen LogP contribution in [0.25, 0.3) is 10.8 Å². The summed E-state index contributed by atoms with van der Waals surface area (Å²) in [5.74, 6) is -0.606. The predicted octanol–water partition coefficient (Wildman–Crippen LogP) is 5.80. The van der Waals surface area contributed by atoms with E-state index in [0.29, 0.717) is 19.4 Å². The van der Waals surface area contributed by atoms with Crippen LogP contribution in [-0.2, 0) is 40.3 Å². The minimum atomic E-state index is -0.849. The number of primary amides is 1. The average molecular weight is 568 g/mol. The fraction of sp³-hybridized carbons (Fsp3) is 0.265. The number of fused-ring (bicyclic) bond motifs is 1. The summed E-state index contributed by atoms with van der Waals surface area (Å²) in [6, 6.07) is 30.4. The Labute approximate surface area is 246 Å². The van der Waals surface area contributed by atoms with Crippen LogP contribution < -0.4 is 16.4 Å². The number of unbranched alkanes of at least 4 members (excludes halogenated alkanes) is 1. The van der Waals surface area contributed by atoms with Crippen molar-refractivity contribution in [3.05, 3.63) is 119 Å². The van der Waals surface area contributed by atoms with Gasteiger partial charge in [-0.3, -0.25) is 4.79 Å². The number of hydrogen-bond donors (Lipinski definition) is 3. The van der Waals surface area contributed by atoms with Crippen LogP contribution in [0.1, 0.15) is 41.5 Å². The molecule has 4 aromatic rings. The molecule has 1 atom stereocenters. The van der Waals surface area contributed by atoms with Crippen LogP contribution >= 0.6 is 0 Å². The maximum absolute atomic E-state index is 12.3. The maximum atomic E-state index is 12.3. The van der Waals surface area contributed by atoms with Crippen molar-refractivity contribution in [1.29, 1.82) is 0 Å². The van der Waals surface area contributed by atoms with Crippen molar-refractivity contribution in [2.24, 2.45) is 5.73 Å². The third-order valence-corrected chi connectivity index (χ3v) is 7.01. The summed E-state index contributed by atoms with van der Waals surface area (Å²) in [6.07, 6.45) is 2.40. The van der Waals surface area contributed by atoms with Crippen molar-refractivity contribution in [2.45, 2.75) is 51.4 Å². The Balaban J connectivity index is 1.25. The van der Waals surface area contributed by atoms with E-state index in [0.717, 1.165) is 46.7 Å². The molecule has 0 aliphatic carbocycles. The summed E-state index contributed by atoms with van der Waals surface area (Å²) >= 11 is 0. The molecule has 4 aromatic carbocycles. The highest BCUT2D eigenvalue weighted by Crippen LogP contribution is 2.25. The van der Waals surface area contributed by atoms with Crippen molar-refractivity contribution >= 4 is 28.9 Å². The van der Waals surface area contributed by atoms with Crippen molar-refractivity contribution in [3.8, 4) is 0 Å². The first-order valence-electron chi connectivity index (χ1n) is 14.2. The van der Waals surface area contributed by atoms with Crippen molar-refractivity contribution < 1.29 is 23.9 Å². The Morgan fingerprint density at radius 3 is 1.74 bits per heavy atom. The van der Waals surface area contributed by atoms with Gasteiger partial charge in [0.15, 0.2) is 0 Å². The summed E-state index contributed by atoms with van der Waals surface area (Å²) in [5.41, 5.74) is 9.69. The molecule has 0 aliphatic heterocycles. The molecule has 42 heavy (non-hydrogen) atoms. The number of nitrogens with one attached hydrogen (secondary N) is 2. The average Bonchev–Trinajstić information content (AvgIpc) is 3.02. The van der Waals surface area contributed by atoms with Crippen LogP contribution in [0.3, 0.4) is 0 Å². The Morgan fingerprint density at radius 2 is 1.17 bits per heavy atom.